The van der Waals surface area contributed by atoms with Crippen LogP contribution in [0.5, 0.6) is 5.88 Å². The monoisotopic (exact) mass is 394 g/mol. The van der Waals surface area contributed by atoms with E-state index in [0.29, 0.717) is 22.8 Å². The Morgan fingerprint density at radius 1 is 1.00 bits per heavy atom. The first kappa shape index (κ1) is 19.8. The molecule has 3 aromatic rings. The molecular formula is C21H19FN4O3. The van der Waals surface area contributed by atoms with E-state index in [2.05, 4.69) is 20.9 Å². The second kappa shape index (κ2) is 9.32. The number of nitrogens with zero attached hydrogens (tertiary/aromatic N) is 1. The highest BCUT2D eigenvalue weighted by Gasteiger charge is 2.07. The molecule has 29 heavy (non-hydrogen) atoms. The highest BCUT2D eigenvalue weighted by atomic mass is 19.1. The molecule has 3 amide bonds. The molecule has 3 rings (SSSR count). The van der Waals surface area contributed by atoms with E-state index < -0.39 is 11.8 Å². The van der Waals surface area contributed by atoms with Gasteiger partial charge >= 0.3 is 6.03 Å². The maximum Gasteiger partial charge on any atom is 0.319 e. The molecule has 3 N–H and O–H groups in total. The zero-order chi connectivity index (χ0) is 20.6. The van der Waals surface area contributed by atoms with Crippen LogP contribution in [0.3, 0.4) is 0 Å². The van der Waals surface area contributed by atoms with Gasteiger partial charge in [-0.05, 0) is 48.0 Å². The molecular weight excluding hydrogens is 375 g/mol. The molecule has 0 aliphatic carbocycles. The fraction of sp³-hybridized carbons (Fsp3) is 0.0952. The third kappa shape index (κ3) is 5.77. The van der Waals surface area contributed by atoms with Crippen molar-refractivity contribution in [1.82, 2.24) is 10.3 Å². The Morgan fingerprint density at radius 2 is 1.79 bits per heavy atom. The molecule has 8 heteroatoms. The first-order valence-electron chi connectivity index (χ1n) is 8.74. The van der Waals surface area contributed by atoms with Gasteiger partial charge in [0, 0.05) is 23.9 Å². The third-order valence-corrected chi connectivity index (χ3v) is 3.95. The number of halogens is 1. The summed E-state index contributed by atoms with van der Waals surface area (Å²) in [6, 6.07) is 15.3. The maximum absolute atomic E-state index is 13.0. The average molecular weight is 394 g/mol. The van der Waals surface area contributed by atoms with Crippen molar-refractivity contribution in [2.45, 2.75) is 6.54 Å². The number of hydrogen-bond donors (Lipinski definition) is 3. The summed E-state index contributed by atoms with van der Waals surface area (Å²) >= 11 is 0. The van der Waals surface area contributed by atoms with Gasteiger partial charge in [-0.15, -0.1) is 0 Å². The number of hydrogen-bond acceptors (Lipinski definition) is 4. The number of aromatic nitrogens is 1. The molecule has 0 saturated carbocycles. The van der Waals surface area contributed by atoms with Gasteiger partial charge in [0.05, 0.1) is 19.0 Å². The van der Waals surface area contributed by atoms with Crippen LogP contribution in [0, 0.1) is 5.82 Å². The van der Waals surface area contributed by atoms with Gasteiger partial charge in [0.25, 0.3) is 5.91 Å². The number of methoxy groups -OCH3 is 1. The number of benzene rings is 2. The summed E-state index contributed by atoms with van der Waals surface area (Å²) in [6.45, 7) is 0.260. The number of pyridine rings is 1. The van der Waals surface area contributed by atoms with Crippen LogP contribution in [0.2, 0.25) is 0 Å². The van der Waals surface area contributed by atoms with Gasteiger partial charge in [0.15, 0.2) is 0 Å². The highest BCUT2D eigenvalue weighted by Crippen LogP contribution is 2.14. The van der Waals surface area contributed by atoms with E-state index >= 15 is 0 Å². The molecule has 0 atom stereocenters. The van der Waals surface area contributed by atoms with Crippen molar-refractivity contribution in [3.05, 3.63) is 83.8 Å². The van der Waals surface area contributed by atoms with Gasteiger partial charge in [0.2, 0.25) is 5.88 Å². The minimum Gasteiger partial charge on any atom is -0.481 e. The van der Waals surface area contributed by atoms with Crippen LogP contribution in [0.15, 0.2) is 66.9 Å². The lowest BCUT2D eigenvalue weighted by molar-refractivity contribution is 0.102. The van der Waals surface area contributed by atoms with Gasteiger partial charge < -0.3 is 20.7 Å². The van der Waals surface area contributed by atoms with Crippen LogP contribution >= 0.6 is 0 Å². The van der Waals surface area contributed by atoms with E-state index in [0.717, 1.165) is 5.56 Å². The molecule has 7 nitrogen and oxygen atoms in total. The number of carbonyl (C=O) groups is 2. The minimum absolute atomic E-state index is 0.260. The van der Waals surface area contributed by atoms with Crippen molar-refractivity contribution in [3.8, 4) is 5.88 Å². The summed E-state index contributed by atoms with van der Waals surface area (Å²) in [5.74, 6) is -0.298. The average Bonchev–Trinajstić information content (AvgIpc) is 2.73. The number of amides is 3. The minimum atomic E-state index is -0.404. The predicted octanol–water partition coefficient (Wildman–Crippen LogP) is 3.80. The van der Waals surface area contributed by atoms with E-state index in [-0.39, 0.29) is 12.5 Å². The molecule has 0 saturated heterocycles. The molecule has 2 aromatic carbocycles. The highest BCUT2D eigenvalue weighted by molar-refractivity contribution is 6.04. The Morgan fingerprint density at radius 3 is 2.48 bits per heavy atom. The normalized spacial score (nSPS) is 10.1. The number of carbonyl (C=O) groups excluding carboxylic acids is 2. The Labute approximate surface area is 166 Å². The van der Waals surface area contributed by atoms with Crippen molar-refractivity contribution < 1.29 is 18.7 Å². The SMILES string of the molecule is COc1ccc(NC(=O)NCc2cccc(NC(=O)c3ccc(F)cc3)c2)cn1. The molecule has 0 radical (unpaired) electrons. The molecule has 0 aliphatic rings. The molecule has 1 heterocycles. The van der Waals surface area contributed by atoms with Crippen LogP contribution < -0.4 is 20.7 Å². The van der Waals surface area contributed by atoms with E-state index in [9.17, 15) is 14.0 Å². The van der Waals surface area contributed by atoms with Gasteiger partial charge in [-0.1, -0.05) is 12.1 Å². The predicted molar refractivity (Wildman–Crippen MR) is 107 cm³/mol. The molecule has 0 fully saturated rings. The molecule has 0 bridgehead atoms. The fourth-order valence-corrected chi connectivity index (χ4v) is 2.50. The van der Waals surface area contributed by atoms with Crippen molar-refractivity contribution in [2.24, 2.45) is 0 Å². The van der Waals surface area contributed by atoms with E-state index in [1.54, 1.807) is 30.3 Å². The quantitative estimate of drug-likeness (QED) is 0.593. The van der Waals surface area contributed by atoms with Gasteiger partial charge in [-0.25, -0.2) is 14.2 Å². The number of rotatable bonds is 6. The van der Waals surface area contributed by atoms with E-state index in [4.69, 9.17) is 4.74 Å². The van der Waals surface area contributed by atoms with Gasteiger partial charge in [-0.3, -0.25) is 4.79 Å². The molecule has 0 unspecified atom stereocenters. The van der Waals surface area contributed by atoms with Crippen LogP contribution in [0.25, 0.3) is 0 Å². The van der Waals surface area contributed by atoms with Crippen molar-refractivity contribution >= 4 is 23.3 Å². The number of anilines is 2. The lowest BCUT2D eigenvalue weighted by atomic mass is 10.1. The second-order valence-electron chi connectivity index (χ2n) is 6.06. The molecule has 0 spiro atoms. The van der Waals surface area contributed by atoms with Crippen LogP contribution in [0.1, 0.15) is 15.9 Å². The Balaban J connectivity index is 1.54. The Bertz CT molecular complexity index is 992. The zero-order valence-corrected chi connectivity index (χ0v) is 15.6. The summed E-state index contributed by atoms with van der Waals surface area (Å²) in [5.41, 5.74) is 2.24. The zero-order valence-electron chi connectivity index (χ0n) is 15.6. The van der Waals surface area contributed by atoms with Crippen molar-refractivity contribution in [2.75, 3.05) is 17.7 Å². The summed E-state index contributed by atoms with van der Waals surface area (Å²) in [5, 5.41) is 8.15. The Kier molecular flexibility index (Phi) is 6.36. The lowest BCUT2D eigenvalue weighted by Gasteiger charge is -2.10. The molecule has 1 aromatic heterocycles. The van der Waals surface area contributed by atoms with Gasteiger partial charge in [0.1, 0.15) is 5.82 Å². The van der Waals surface area contributed by atoms with Crippen LogP contribution in [0.4, 0.5) is 20.6 Å². The molecule has 148 valence electrons. The van der Waals surface area contributed by atoms with E-state index in [1.807, 2.05) is 6.07 Å². The van der Waals surface area contributed by atoms with Crippen molar-refractivity contribution in [3.63, 3.8) is 0 Å². The summed E-state index contributed by atoms with van der Waals surface area (Å²) in [6.07, 6.45) is 1.49. The largest absolute Gasteiger partial charge is 0.481 e. The fourth-order valence-electron chi connectivity index (χ4n) is 2.50. The summed E-state index contributed by atoms with van der Waals surface area (Å²) in [7, 11) is 1.51. The number of ether oxygens (including phenoxy) is 1. The lowest BCUT2D eigenvalue weighted by Crippen LogP contribution is -2.28. The second-order valence-corrected chi connectivity index (χ2v) is 6.06. The molecule has 0 aliphatic heterocycles. The van der Waals surface area contributed by atoms with Crippen LogP contribution in [-0.2, 0) is 6.54 Å². The standard InChI is InChI=1S/C21H19FN4O3/c1-29-19-10-9-18(13-23-19)26-21(28)24-12-14-3-2-4-17(11-14)25-20(27)15-5-7-16(22)8-6-15/h2-11,13H,12H2,1H3,(H,25,27)(H2,24,26,28). The smallest absolute Gasteiger partial charge is 0.319 e. The first-order valence-corrected chi connectivity index (χ1v) is 8.74. The van der Waals surface area contributed by atoms with Crippen molar-refractivity contribution in [1.29, 1.82) is 0 Å². The topological polar surface area (TPSA) is 92.4 Å². The Hall–Kier alpha value is -3.94. The van der Waals surface area contributed by atoms with E-state index in [1.165, 1.54) is 37.6 Å². The number of urea groups is 1. The maximum atomic E-state index is 13.0. The third-order valence-electron chi connectivity index (χ3n) is 3.95. The van der Waals surface area contributed by atoms with Crippen LogP contribution in [-0.4, -0.2) is 24.0 Å². The van der Waals surface area contributed by atoms with Gasteiger partial charge in [-0.2, -0.15) is 0 Å². The number of nitrogens with one attached hydrogen (secondary N) is 3. The summed E-state index contributed by atoms with van der Waals surface area (Å²) < 4.78 is 17.9. The summed E-state index contributed by atoms with van der Waals surface area (Å²) in [4.78, 5) is 28.3. The first-order chi connectivity index (χ1) is 14.0.